The molecule has 0 aliphatic rings. The van der Waals surface area contributed by atoms with E-state index in [0.29, 0.717) is 11.3 Å². The normalized spacial score (nSPS) is 11.0. The zero-order chi connectivity index (χ0) is 17.5. The van der Waals surface area contributed by atoms with Gasteiger partial charge in [-0.1, -0.05) is 36.4 Å². The maximum atomic E-state index is 9.24. The van der Waals surface area contributed by atoms with Gasteiger partial charge in [-0.25, -0.2) is 0 Å². The van der Waals surface area contributed by atoms with Crippen LogP contribution in [0, 0.1) is 11.3 Å². The summed E-state index contributed by atoms with van der Waals surface area (Å²) in [5, 5.41) is 26.3. The Balaban J connectivity index is 1.66. The molecule has 3 aromatic rings. The molecule has 0 radical (unpaired) electrons. The van der Waals surface area contributed by atoms with Crippen molar-refractivity contribution in [2.75, 3.05) is 0 Å². The van der Waals surface area contributed by atoms with Gasteiger partial charge in [0.2, 0.25) is 0 Å². The van der Waals surface area contributed by atoms with Gasteiger partial charge in [0.25, 0.3) is 0 Å². The van der Waals surface area contributed by atoms with Crippen LogP contribution in [-0.2, 0) is 0 Å². The summed E-state index contributed by atoms with van der Waals surface area (Å²) >= 11 is 0. The number of benzene rings is 3. The standard InChI is InChI=1S/C21H15N3O/c22-15-18-5-3-16(4-6-18)1-2-17-7-9-19(10-8-17)23-24-20-11-13-21(25)14-12-20/h1-14,25H/b2-1+,24-23?. The minimum atomic E-state index is 0.206. The first-order valence-corrected chi connectivity index (χ1v) is 7.72. The van der Waals surface area contributed by atoms with Crippen molar-refractivity contribution in [1.82, 2.24) is 0 Å². The van der Waals surface area contributed by atoms with Gasteiger partial charge in [0, 0.05) is 0 Å². The molecule has 0 heterocycles. The summed E-state index contributed by atoms with van der Waals surface area (Å²) in [7, 11) is 0. The molecule has 120 valence electrons. The highest BCUT2D eigenvalue weighted by Gasteiger charge is 1.94. The Morgan fingerprint density at radius 3 is 1.60 bits per heavy atom. The maximum Gasteiger partial charge on any atom is 0.115 e. The van der Waals surface area contributed by atoms with E-state index < -0.39 is 0 Å². The van der Waals surface area contributed by atoms with E-state index in [2.05, 4.69) is 16.3 Å². The Labute approximate surface area is 146 Å². The Hall–Kier alpha value is -3.71. The minimum absolute atomic E-state index is 0.206. The van der Waals surface area contributed by atoms with Crippen LogP contribution in [0.1, 0.15) is 16.7 Å². The Bertz CT molecular complexity index is 932. The average molecular weight is 325 g/mol. The molecule has 0 aliphatic carbocycles. The summed E-state index contributed by atoms with van der Waals surface area (Å²) in [4.78, 5) is 0. The lowest BCUT2D eigenvalue weighted by molar-refractivity contribution is 0.475. The van der Waals surface area contributed by atoms with Crippen LogP contribution in [0.15, 0.2) is 83.0 Å². The second-order valence-electron chi connectivity index (χ2n) is 5.38. The SMILES string of the molecule is N#Cc1ccc(/C=C/c2ccc(N=Nc3ccc(O)cc3)cc2)cc1. The molecule has 0 spiro atoms. The Kier molecular flexibility index (Phi) is 4.98. The quantitative estimate of drug-likeness (QED) is 0.483. The third kappa shape index (κ3) is 4.63. The number of rotatable bonds is 4. The number of nitrogens with zero attached hydrogens (tertiary/aromatic N) is 3. The zero-order valence-corrected chi connectivity index (χ0v) is 13.4. The molecular formula is C21H15N3O. The molecule has 4 nitrogen and oxygen atoms in total. The number of phenols is 1. The zero-order valence-electron chi connectivity index (χ0n) is 13.4. The molecule has 0 aromatic heterocycles. The number of nitriles is 1. The summed E-state index contributed by atoms with van der Waals surface area (Å²) < 4.78 is 0. The fraction of sp³-hybridized carbons (Fsp3) is 0. The number of aromatic hydroxyl groups is 1. The summed E-state index contributed by atoms with van der Waals surface area (Å²) in [5.74, 6) is 0.206. The van der Waals surface area contributed by atoms with Gasteiger partial charge in [-0.15, -0.1) is 0 Å². The van der Waals surface area contributed by atoms with Gasteiger partial charge in [0.15, 0.2) is 0 Å². The average Bonchev–Trinajstić information content (AvgIpc) is 2.67. The minimum Gasteiger partial charge on any atom is -0.508 e. The molecule has 3 aromatic carbocycles. The van der Waals surface area contributed by atoms with Crippen LogP contribution >= 0.6 is 0 Å². The van der Waals surface area contributed by atoms with Gasteiger partial charge < -0.3 is 5.11 Å². The molecule has 0 amide bonds. The van der Waals surface area contributed by atoms with E-state index in [9.17, 15) is 5.11 Å². The lowest BCUT2D eigenvalue weighted by atomic mass is 10.1. The number of hydrogen-bond acceptors (Lipinski definition) is 4. The smallest absolute Gasteiger partial charge is 0.115 e. The van der Waals surface area contributed by atoms with Crippen molar-refractivity contribution in [3.05, 3.63) is 89.5 Å². The first-order valence-electron chi connectivity index (χ1n) is 7.72. The Morgan fingerprint density at radius 2 is 1.12 bits per heavy atom. The van der Waals surface area contributed by atoms with E-state index >= 15 is 0 Å². The van der Waals surface area contributed by atoms with E-state index in [4.69, 9.17) is 5.26 Å². The predicted octanol–water partition coefficient (Wildman–Crippen LogP) is 5.85. The van der Waals surface area contributed by atoms with Crippen LogP contribution in [-0.4, -0.2) is 5.11 Å². The van der Waals surface area contributed by atoms with Crippen molar-refractivity contribution in [3.8, 4) is 11.8 Å². The van der Waals surface area contributed by atoms with Gasteiger partial charge >= 0.3 is 0 Å². The lowest BCUT2D eigenvalue weighted by Crippen LogP contribution is -1.75. The molecule has 1 N–H and O–H groups in total. The van der Waals surface area contributed by atoms with Gasteiger partial charge in [0.05, 0.1) is 23.0 Å². The van der Waals surface area contributed by atoms with Crippen LogP contribution in [0.25, 0.3) is 12.2 Å². The fourth-order valence-corrected chi connectivity index (χ4v) is 2.15. The molecule has 4 heteroatoms. The van der Waals surface area contributed by atoms with E-state index in [-0.39, 0.29) is 5.75 Å². The molecule has 3 rings (SSSR count). The fourth-order valence-electron chi connectivity index (χ4n) is 2.15. The molecule has 0 unspecified atom stereocenters. The van der Waals surface area contributed by atoms with Crippen molar-refractivity contribution in [2.24, 2.45) is 10.2 Å². The second-order valence-corrected chi connectivity index (χ2v) is 5.38. The van der Waals surface area contributed by atoms with E-state index in [1.165, 1.54) is 0 Å². The third-order valence-corrected chi connectivity index (χ3v) is 3.53. The van der Waals surface area contributed by atoms with Crippen LogP contribution in [0.2, 0.25) is 0 Å². The van der Waals surface area contributed by atoms with Gasteiger partial charge in [-0.05, 0) is 59.7 Å². The van der Waals surface area contributed by atoms with Crippen molar-refractivity contribution in [1.29, 1.82) is 5.26 Å². The van der Waals surface area contributed by atoms with Crippen molar-refractivity contribution >= 4 is 23.5 Å². The molecule has 0 atom stereocenters. The first kappa shape index (κ1) is 16.2. The maximum absolute atomic E-state index is 9.24. The predicted molar refractivity (Wildman–Crippen MR) is 98.8 cm³/mol. The molecule has 25 heavy (non-hydrogen) atoms. The van der Waals surface area contributed by atoms with Crippen LogP contribution in [0.3, 0.4) is 0 Å². The molecule has 0 saturated carbocycles. The number of azo groups is 1. The highest BCUT2D eigenvalue weighted by molar-refractivity contribution is 5.70. The first-order chi connectivity index (χ1) is 12.2. The van der Waals surface area contributed by atoms with E-state index in [1.54, 1.807) is 36.4 Å². The summed E-state index contributed by atoms with van der Waals surface area (Å²) in [6, 6.07) is 23.8. The second kappa shape index (κ2) is 7.71. The highest BCUT2D eigenvalue weighted by Crippen LogP contribution is 2.21. The van der Waals surface area contributed by atoms with Crippen molar-refractivity contribution < 1.29 is 5.11 Å². The monoisotopic (exact) mass is 325 g/mol. The Morgan fingerprint density at radius 1 is 0.680 bits per heavy atom. The van der Waals surface area contributed by atoms with Crippen LogP contribution in [0.5, 0.6) is 5.75 Å². The molecule has 0 aliphatic heterocycles. The van der Waals surface area contributed by atoms with Gasteiger partial charge in [-0.3, -0.25) is 0 Å². The third-order valence-electron chi connectivity index (χ3n) is 3.53. The van der Waals surface area contributed by atoms with Gasteiger partial charge in [-0.2, -0.15) is 15.5 Å². The van der Waals surface area contributed by atoms with Crippen molar-refractivity contribution in [3.63, 3.8) is 0 Å². The van der Waals surface area contributed by atoms with Crippen molar-refractivity contribution in [2.45, 2.75) is 0 Å². The summed E-state index contributed by atoms with van der Waals surface area (Å²) in [5.41, 5.74) is 4.18. The van der Waals surface area contributed by atoms with Gasteiger partial charge in [0.1, 0.15) is 5.75 Å². The summed E-state index contributed by atoms with van der Waals surface area (Å²) in [6.07, 6.45) is 4.00. The number of hydrogen-bond donors (Lipinski definition) is 1. The highest BCUT2D eigenvalue weighted by atomic mass is 16.3. The van der Waals surface area contributed by atoms with E-state index in [0.717, 1.165) is 16.8 Å². The molecule has 0 saturated heterocycles. The molecule has 0 bridgehead atoms. The topological polar surface area (TPSA) is 68.7 Å². The molecular weight excluding hydrogens is 310 g/mol. The summed E-state index contributed by atoms with van der Waals surface area (Å²) in [6.45, 7) is 0. The lowest BCUT2D eigenvalue weighted by Gasteiger charge is -1.97. The molecule has 0 fully saturated rings. The van der Waals surface area contributed by atoms with Crippen LogP contribution in [0.4, 0.5) is 11.4 Å². The van der Waals surface area contributed by atoms with Crippen LogP contribution < -0.4 is 0 Å². The largest absolute Gasteiger partial charge is 0.508 e. The van der Waals surface area contributed by atoms with E-state index in [1.807, 2.05) is 48.6 Å². The number of phenolic OH excluding ortho intramolecular Hbond substituents is 1.